The number of benzene rings is 6. The number of anilines is 4. The molecule has 4 heterocycles. The molecule has 19 heteroatoms. The van der Waals surface area contributed by atoms with Gasteiger partial charge in [0, 0.05) is 132 Å². The van der Waals surface area contributed by atoms with E-state index in [2.05, 4.69) is 57.1 Å². The van der Waals surface area contributed by atoms with Crippen molar-refractivity contribution in [2.24, 2.45) is 0 Å². The fraction of sp³-hybridized carbons (Fsp3) is 0.289. The predicted octanol–water partition coefficient (Wildman–Crippen LogP) is 22.0. The topological polar surface area (TPSA) is 298 Å². The predicted molar refractivity (Wildman–Crippen MR) is 447 cm³/mol. The number of para-hydroxylation sites is 4. The van der Waals surface area contributed by atoms with Crippen LogP contribution in [0.3, 0.4) is 0 Å². The van der Waals surface area contributed by atoms with Crippen LogP contribution in [-0.4, -0.2) is 71.6 Å². The number of nitrogens with one attached hydrogen (secondary N) is 1. The van der Waals surface area contributed by atoms with Crippen LogP contribution in [0.5, 0.6) is 0 Å². The number of carboxylic acid groups (broad SMARTS) is 1. The molecule has 17 nitrogen and oxygen atoms in total. The number of nitrogens with zero attached hydrogens (tertiary/aromatic N) is 4. The van der Waals surface area contributed by atoms with Crippen LogP contribution in [0.2, 0.25) is 0 Å². The molecule has 0 atom stereocenters. The number of rotatable bonds is 36. The van der Waals surface area contributed by atoms with Crippen LogP contribution in [0, 0.1) is 0 Å². The normalized spacial score (nSPS) is 10.2. The van der Waals surface area contributed by atoms with E-state index in [0.717, 1.165) is 161 Å². The van der Waals surface area contributed by atoms with Crippen LogP contribution in [0.1, 0.15) is 209 Å². The van der Waals surface area contributed by atoms with Crippen LogP contribution in [0.4, 0.5) is 22.7 Å². The van der Waals surface area contributed by atoms with Gasteiger partial charge in [-0.05, 0) is 181 Å². The molecule has 0 aliphatic heterocycles. The number of Topliss-reactive ketones (excluding diaryl/α,β-unsaturated/α-hetero) is 6. The van der Waals surface area contributed by atoms with E-state index >= 15 is 0 Å². The van der Waals surface area contributed by atoms with Crippen LogP contribution in [-0.2, 0) is 19.2 Å². The van der Waals surface area contributed by atoms with E-state index in [-0.39, 0.29) is 47.0 Å². The summed E-state index contributed by atoms with van der Waals surface area (Å²) in [5.74, 6) is 0.401. The Morgan fingerprint density at radius 3 is 0.872 bits per heavy atom. The molecule has 0 aliphatic rings. The largest absolute Gasteiger partial charge is 0.481 e. The lowest BCUT2D eigenvalue weighted by Gasteiger charge is -2.07. The number of pyridine rings is 4. The maximum Gasteiger partial charge on any atom is 0.303 e. The number of nitrogen functional groups attached to an aromatic ring is 3. The van der Waals surface area contributed by atoms with Gasteiger partial charge in [-0.3, -0.25) is 48.7 Å². The van der Waals surface area contributed by atoms with E-state index in [1.807, 2.05) is 182 Å². The Balaban J connectivity index is 0.000000246. The molecule has 1 amide bonds. The monoisotopic (exact) mass is 1600 g/mol. The van der Waals surface area contributed by atoms with Crippen molar-refractivity contribution < 1.29 is 43.5 Å². The average Bonchev–Trinajstić information content (AvgIpc) is 0.877. The maximum absolute atomic E-state index is 12.4. The zero-order chi connectivity index (χ0) is 78.6. The number of carbonyl (C=O) groups excluding carboxylic acids is 7. The molecule has 0 unspecified atom stereocenters. The highest BCUT2D eigenvalue weighted by molar-refractivity contribution is 9.10. The van der Waals surface area contributed by atoms with Crippen LogP contribution in [0.15, 0.2) is 253 Å². The molecule has 0 saturated heterocycles. The summed E-state index contributed by atoms with van der Waals surface area (Å²) in [6, 6.07) is 60.5. The van der Waals surface area contributed by atoms with Crippen molar-refractivity contribution in [2.45, 2.75) is 168 Å². The van der Waals surface area contributed by atoms with E-state index in [1.54, 1.807) is 75.3 Å². The highest BCUT2D eigenvalue weighted by Gasteiger charge is 2.12. The minimum Gasteiger partial charge on any atom is -0.481 e. The van der Waals surface area contributed by atoms with Gasteiger partial charge in [0.25, 0.3) is 0 Å². The molecule has 10 rings (SSSR count). The minimum absolute atomic E-state index is 0.0299. The van der Waals surface area contributed by atoms with Crippen LogP contribution < -0.4 is 22.5 Å². The Bertz CT molecular complexity index is 4170. The second-order valence-corrected chi connectivity index (χ2v) is 27.9. The van der Waals surface area contributed by atoms with Gasteiger partial charge in [0.1, 0.15) is 11.6 Å². The smallest absolute Gasteiger partial charge is 0.303 e. The molecule has 0 bridgehead atoms. The Labute approximate surface area is 659 Å². The van der Waals surface area contributed by atoms with Gasteiger partial charge in [-0.1, -0.05) is 195 Å². The SMILES string of the molecule is Brc1cccnc1.CC(=O)CCCCCCC(=O)c1ccc(-c2cccnc2)cc1.CC(=O)CCCCCCC(=O)c1ccc(Br)cc1.Nc1ccccc1N.Nc1ccccc1NC(=O)CCCCCCC(=O)c1ccc(-c2cccnc2)cc1.O=C(O)CCCCCCC(=O)c1ccc(-c2cccnc2)cc1. The molecule has 109 heavy (non-hydrogen) atoms. The molecule has 0 saturated carbocycles. The number of hydrogen-bond donors (Lipinski definition) is 5. The number of amides is 1. The molecule has 6 aromatic carbocycles. The third-order valence-corrected chi connectivity index (χ3v) is 18.1. The van der Waals surface area contributed by atoms with Crippen molar-refractivity contribution in [3.05, 3.63) is 275 Å². The number of aliphatic carboxylic acids is 1. The number of hydrogen-bond acceptors (Lipinski definition) is 15. The molecule has 10 aromatic rings. The van der Waals surface area contributed by atoms with Crippen molar-refractivity contribution in [2.75, 3.05) is 22.5 Å². The van der Waals surface area contributed by atoms with Crippen molar-refractivity contribution in [3.8, 4) is 33.4 Å². The van der Waals surface area contributed by atoms with Gasteiger partial charge in [-0.15, -0.1) is 0 Å². The lowest BCUT2D eigenvalue weighted by molar-refractivity contribution is -0.137. The minimum atomic E-state index is -0.755. The number of ketones is 6. The number of carbonyl (C=O) groups is 8. The van der Waals surface area contributed by atoms with E-state index < -0.39 is 5.97 Å². The van der Waals surface area contributed by atoms with Gasteiger partial charge in [0.15, 0.2) is 23.1 Å². The third-order valence-electron chi connectivity index (χ3n) is 17.1. The molecular weight excluding hydrogens is 1500 g/mol. The number of halogens is 2. The summed E-state index contributed by atoms with van der Waals surface area (Å²) in [6.07, 6.45) is 32.8. The second-order valence-electron chi connectivity index (χ2n) is 26.0. The van der Waals surface area contributed by atoms with E-state index in [4.69, 9.17) is 22.3 Å². The molecule has 570 valence electrons. The molecule has 0 radical (unpaired) electrons. The van der Waals surface area contributed by atoms with Crippen molar-refractivity contribution >= 4 is 101 Å². The number of aromatic nitrogens is 4. The summed E-state index contributed by atoms with van der Waals surface area (Å²) in [5, 5.41) is 11.4. The zero-order valence-electron chi connectivity index (χ0n) is 62.6. The highest BCUT2D eigenvalue weighted by atomic mass is 79.9. The van der Waals surface area contributed by atoms with Gasteiger partial charge >= 0.3 is 5.97 Å². The van der Waals surface area contributed by atoms with Gasteiger partial charge in [-0.25, -0.2) is 0 Å². The first-order valence-electron chi connectivity index (χ1n) is 37.2. The summed E-state index contributed by atoms with van der Waals surface area (Å²) < 4.78 is 2.01. The average molecular weight is 1600 g/mol. The maximum atomic E-state index is 12.4. The molecule has 0 spiro atoms. The zero-order valence-corrected chi connectivity index (χ0v) is 65.7. The van der Waals surface area contributed by atoms with Gasteiger partial charge in [-0.2, -0.15) is 0 Å². The Kier molecular flexibility index (Phi) is 43.3. The van der Waals surface area contributed by atoms with Crippen LogP contribution in [0.25, 0.3) is 33.4 Å². The quantitative estimate of drug-likeness (QED) is 0.0138. The van der Waals surface area contributed by atoms with E-state index in [1.165, 1.54) is 0 Å². The summed E-state index contributed by atoms with van der Waals surface area (Å²) >= 11 is 6.60. The molecule has 0 fully saturated rings. The fourth-order valence-corrected chi connectivity index (χ4v) is 11.4. The molecule has 0 aliphatic carbocycles. The first-order valence-corrected chi connectivity index (χ1v) is 38.7. The fourth-order valence-electron chi connectivity index (χ4n) is 10.9. The third kappa shape index (κ3) is 38.6. The van der Waals surface area contributed by atoms with E-state index in [9.17, 15) is 38.4 Å². The van der Waals surface area contributed by atoms with Crippen LogP contribution >= 0.6 is 31.9 Å². The Morgan fingerprint density at radius 2 is 0.596 bits per heavy atom. The first-order chi connectivity index (χ1) is 52.8. The van der Waals surface area contributed by atoms with Gasteiger partial charge < -0.3 is 37.2 Å². The second kappa shape index (κ2) is 53.1. The summed E-state index contributed by atoms with van der Waals surface area (Å²) in [5.41, 5.74) is 28.4. The van der Waals surface area contributed by atoms with E-state index in [0.29, 0.717) is 74.1 Å². The summed E-state index contributed by atoms with van der Waals surface area (Å²) in [7, 11) is 0. The number of nitrogens with two attached hydrogens (primary N) is 3. The lowest BCUT2D eigenvalue weighted by atomic mass is 10.0. The first kappa shape index (κ1) is 88.9. The molecule has 4 aromatic heterocycles. The summed E-state index contributed by atoms with van der Waals surface area (Å²) in [6.45, 7) is 3.25. The lowest BCUT2D eigenvalue weighted by Crippen LogP contribution is -2.12. The van der Waals surface area contributed by atoms with Crippen molar-refractivity contribution in [3.63, 3.8) is 0 Å². The standard InChI is InChI=1S/C25H27N3O2.C20H23NO2.C19H21NO3.C15H19BrO2.C6H8N2.C5H4BrN/c26-22-9-5-6-10-23(22)28-25(30)12-4-2-1-3-11-24(29)20-15-13-19(14-16-20)21-8-7-17-27-18-21;1-16(22)7-4-2-3-5-9-20(23)18-12-10-17(11-13-18)19-8-6-14-21-15-19;21-18(7-3-1-2-4-8-19(22)23)16-11-9-15(10-12-16)17-6-5-13-20-14-17;1-12(17)6-4-2-3-5-7-15(18)13-8-10-14(16)11-9-13;7-5-3-1-2-4-6(5)8;6-5-2-1-3-7-4-5/h5-10,13-18H,1-4,11-12,26H2,(H,28,30);6,8,10-15H,2-5,7,9H2,1H3;5-6,9-14H,1-4,7-8H2,(H,22,23);8-11H,2-7H2,1H3;1-4H,7-8H2;1-4H. The Morgan fingerprint density at radius 1 is 0.303 bits per heavy atom. The molecule has 8 N–H and O–H groups in total. The highest BCUT2D eigenvalue weighted by Crippen LogP contribution is 2.25. The summed E-state index contributed by atoms with van der Waals surface area (Å²) in [4.78, 5) is 109. The number of carboxylic acids is 1. The number of unbranched alkanes of at least 4 members (excludes halogenated alkanes) is 12. The molecular formula is C90H102Br2N8O9. The van der Waals surface area contributed by atoms with Gasteiger partial charge in [0.2, 0.25) is 5.91 Å². The van der Waals surface area contributed by atoms with Crippen molar-refractivity contribution in [1.82, 2.24) is 19.9 Å². The van der Waals surface area contributed by atoms with Crippen molar-refractivity contribution in [1.29, 1.82) is 0 Å². The van der Waals surface area contributed by atoms with Gasteiger partial charge in [0.05, 0.1) is 22.7 Å². The Hall–Kier alpha value is -10.8.